The standard InChI is InChI=1S/C19H25N3O2/c1-3-12-24-17-8-5-10-22(14-17)19(23)16-7-4-6-15(13-16)18-20-9-11-21(18)2/h4,6-7,9,11,13,17H,3,5,8,10,12,14H2,1-2H3. The second-order valence-electron chi connectivity index (χ2n) is 6.33. The van der Waals surface area contributed by atoms with E-state index >= 15 is 0 Å². The minimum Gasteiger partial charge on any atom is -0.376 e. The van der Waals surface area contributed by atoms with Gasteiger partial charge in [0.1, 0.15) is 5.82 Å². The van der Waals surface area contributed by atoms with Crippen molar-refractivity contribution in [1.82, 2.24) is 14.5 Å². The van der Waals surface area contributed by atoms with E-state index in [1.165, 1.54) is 0 Å². The molecule has 24 heavy (non-hydrogen) atoms. The molecule has 5 nitrogen and oxygen atoms in total. The summed E-state index contributed by atoms with van der Waals surface area (Å²) in [6, 6.07) is 7.72. The molecule has 1 aromatic heterocycles. The Morgan fingerprint density at radius 3 is 3.04 bits per heavy atom. The maximum absolute atomic E-state index is 12.9. The van der Waals surface area contributed by atoms with E-state index in [1.807, 2.05) is 47.0 Å². The van der Waals surface area contributed by atoms with Crippen LogP contribution in [0, 0.1) is 0 Å². The van der Waals surface area contributed by atoms with E-state index in [0.717, 1.165) is 43.8 Å². The van der Waals surface area contributed by atoms with E-state index in [9.17, 15) is 4.79 Å². The van der Waals surface area contributed by atoms with Gasteiger partial charge in [-0.2, -0.15) is 0 Å². The highest BCUT2D eigenvalue weighted by atomic mass is 16.5. The van der Waals surface area contributed by atoms with Gasteiger partial charge in [-0.05, 0) is 31.4 Å². The molecule has 5 heteroatoms. The van der Waals surface area contributed by atoms with Gasteiger partial charge in [0.25, 0.3) is 5.91 Å². The van der Waals surface area contributed by atoms with Crippen LogP contribution < -0.4 is 0 Å². The average Bonchev–Trinajstić information content (AvgIpc) is 3.05. The lowest BCUT2D eigenvalue weighted by Crippen LogP contribution is -2.43. The molecule has 0 radical (unpaired) electrons. The minimum absolute atomic E-state index is 0.0795. The Bertz CT molecular complexity index is 695. The predicted molar refractivity (Wildman–Crippen MR) is 93.8 cm³/mol. The summed E-state index contributed by atoms with van der Waals surface area (Å²) >= 11 is 0. The number of hydrogen-bond acceptors (Lipinski definition) is 3. The molecule has 128 valence electrons. The first kappa shape index (κ1) is 16.7. The van der Waals surface area contributed by atoms with Crippen LogP contribution in [0.25, 0.3) is 11.4 Å². The molecular weight excluding hydrogens is 302 g/mol. The highest BCUT2D eigenvalue weighted by molar-refractivity contribution is 5.95. The third-order valence-electron chi connectivity index (χ3n) is 4.41. The van der Waals surface area contributed by atoms with Gasteiger partial charge in [-0.3, -0.25) is 4.79 Å². The molecule has 1 aliphatic rings. The molecule has 1 saturated heterocycles. The maximum Gasteiger partial charge on any atom is 0.253 e. The molecule has 0 spiro atoms. The number of carbonyl (C=O) groups excluding carboxylic acids is 1. The molecule has 1 unspecified atom stereocenters. The molecule has 0 saturated carbocycles. The summed E-state index contributed by atoms with van der Waals surface area (Å²) in [6.45, 7) is 4.36. The molecule has 0 bridgehead atoms. The van der Waals surface area contributed by atoms with Gasteiger partial charge in [0.05, 0.1) is 6.10 Å². The summed E-state index contributed by atoms with van der Waals surface area (Å²) in [5.41, 5.74) is 1.68. The van der Waals surface area contributed by atoms with Crippen molar-refractivity contribution in [2.45, 2.75) is 32.3 Å². The number of aromatic nitrogens is 2. The lowest BCUT2D eigenvalue weighted by atomic mass is 10.0. The van der Waals surface area contributed by atoms with Crippen molar-refractivity contribution in [2.75, 3.05) is 19.7 Å². The van der Waals surface area contributed by atoms with Gasteiger partial charge < -0.3 is 14.2 Å². The van der Waals surface area contributed by atoms with Crippen LogP contribution in [-0.2, 0) is 11.8 Å². The van der Waals surface area contributed by atoms with Crippen LogP contribution in [0.3, 0.4) is 0 Å². The van der Waals surface area contributed by atoms with Gasteiger partial charge in [0.2, 0.25) is 0 Å². The summed E-state index contributed by atoms with van der Waals surface area (Å²) < 4.78 is 7.80. The quantitative estimate of drug-likeness (QED) is 0.848. The summed E-state index contributed by atoms with van der Waals surface area (Å²) in [5.74, 6) is 0.948. The number of rotatable bonds is 5. The van der Waals surface area contributed by atoms with Gasteiger partial charge in [-0.1, -0.05) is 19.1 Å². The Morgan fingerprint density at radius 2 is 2.29 bits per heavy atom. The van der Waals surface area contributed by atoms with Crippen LogP contribution in [0.1, 0.15) is 36.5 Å². The number of hydrogen-bond donors (Lipinski definition) is 0. The Hall–Kier alpha value is -2.14. The van der Waals surface area contributed by atoms with Gasteiger partial charge in [-0.15, -0.1) is 0 Å². The number of aryl methyl sites for hydroxylation is 1. The molecule has 2 aromatic rings. The van der Waals surface area contributed by atoms with Crippen LogP contribution >= 0.6 is 0 Å². The SMILES string of the molecule is CCCOC1CCCN(C(=O)c2cccc(-c3nccn3C)c2)C1. The molecular formula is C19H25N3O2. The maximum atomic E-state index is 12.9. The lowest BCUT2D eigenvalue weighted by Gasteiger charge is -2.32. The molecule has 1 atom stereocenters. The van der Waals surface area contributed by atoms with Crippen LogP contribution in [0.5, 0.6) is 0 Å². The van der Waals surface area contributed by atoms with Crippen LogP contribution in [0.4, 0.5) is 0 Å². The van der Waals surface area contributed by atoms with Gasteiger partial charge in [-0.25, -0.2) is 4.98 Å². The average molecular weight is 327 g/mol. The second kappa shape index (κ2) is 7.62. The number of imidazole rings is 1. The third kappa shape index (κ3) is 3.67. The van der Waals surface area contributed by atoms with Crippen molar-refractivity contribution in [1.29, 1.82) is 0 Å². The Balaban J connectivity index is 1.74. The summed E-state index contributed by atoms with van der Waals surface area (Å²) in [6.07, 6.45) is 6.89. The highest BCUT2D eigenvalue weighted by Gasteiger charge is 2.25. The van der Waals surface area contributed by atoms with Crippen molar-refractivity contribution in [3.05, 3.63) is 42.2 Å². The fourth-order valence-corrected chi connectivity index (χ4v) is 3.16. The van der Waals surface area contributed by atoms with E-state index in [1.54, 1.807) is 6.20 Å². The topological polar surface area (TPSA) is 47.4 Å². The second-order valence-corrected chi connectivity index (χ2v) is 6.33. The van der Waals surface area contributed by atoms with E-state index < -0.39 is 0 Å². The summed E-state index contributed by atoms with van der Waals surface area (Å²) in [7, 11) is 1.96. The van der Waals surface area contributed by atoms with Crippen molar-refractivity contribution >= 4 is 5.91 Å². The fourth-order valence-electron chi connectivity index (χ4n) is 3.16. The number of amides is 1. The first-order valence-corrected chi connectivity index (χ1v) is 8.67. The van der Waals surface area contributed by atoms with E-state index in [4.69, 9.17) is 4.74 Å². The van der Waals surface area contributed by atoms with Gasteiger partial charge in [0.15, 0.2) is 0 Å². The third-order valence-corrected chi connectivity index (χ3v) is 4.41. The van der Waals surface area contributed by atoms with Crippen molar-refractivity contribution < 1.29 is 9.53 Å². The van der Waals surface area contributed by atoms with E-state index in [0.29, 0.717) is 12.1 Å². The van der Waals surface area contributed by atoms with Gasteiger partial charge >= 0.3 is 0 Å². The van der Waals surface area contributed by atoms with Crippen molar-refractivity contribution in [2.24, 2.45) is 7.05 Å². The summed E-state index contributed by atoms with van der Waals surface area (Å²) in [4.78, 5) is 19.1. The number of benzene rings is 1. The minimum atomic E-state index is 0.0795. The molecule has 1 aliphatic heterocycles. The van der Waals surface area contributed by atoms with E-state index in [-0.39, 0.29) is 12.0 Å². The zero-order valence-electron chi connectivity index (χ0n) is 14.4. The number of likely N-dealkylation sites (tertiary alicyclic amines) is 1. The molecule has 0 N–H and O–H groups in total. The monoisotopic (exact) mass is 327 g/mol. The van der Waals surface area contributed by atoms with Crippen molar-refractivity contribution in [3.63, 3.8) is 0 Å². The highest BCUT2D eigenvalue weighted by Crippen LogP contribution is 2.21. The normalized spacial score (nSPS) is 17.9. The first-order valence-electron chi connectivity index (χ1n) is 8.67. The molecule has 1 aromatic carbocycles. The molecule has 1 fully saturated rings. The number of nitrogens with zero attached hydrogens (tertiary/aromatic N) is 3. The van der Waals surface area contributed by atoms with Crippen molar-refractivity contribution in [3.8, 4) is 11.4 Å². The Labute approximate surface area is 143 Å². The Morgan fingerprint density at radius 1 is 1.42 bits per heavy atom. The van der Waals surface area contributed by atoms with Crippen LogP contribution in [0.15, 0.2) is 36.7 Å². The lowest BCUT2D eigenvalue weighted by molar-refractivity contribution is 0.00211. The van der Waals surface area contributed by atoms with E-state index in [2.05, 4.69) is 11.9 Å². The number of ether oxygens (including phenoxy) is 1. The van der Waals surface area contributed by atoms with Crippen LogP contribution in [-0.4, -0.2) is 46.2 Å². The van der Waals surface area contributed by atoms with Crippen LogP contribution in [0.2, 0.25) is 0 Å². The fraction of sp³-hybridized carbons (Fsp3) is 0.474. The zero-order chi connectivity index (χ0) is 16.9. The van der Waals surface area contributed by atoms with Gasteiger partial charge in [0, 0.05) is 50.3 Å². The predicted octanol–water partition coefficient (Wildman–Crippen LogP) is 3.12. The Kier molecular flexibility index (Phi) is 5.30. The zero-order valence-corrected chi connectivity index (χ0v) is 14.4. The number of piperidine rings is 1. The molecule has 1 amide bonds. The molecule has 2 heterocycles. The molecule has 0 aliphatic carbocycles. The first-order chi connectivity index (χ1) is 11.7. The largest absolute Gasteiger partial charge is 0.376 e. The number of carbonyl (C=O) groups is 1. The molecule has 3 rings (SSSR count). The smallest absolute Gasteiger partial charge is 0.253 e. The summed E-state index contributed by atoms with van der Waals surface area (Å²) in [5, 5.41) is 0.